The molecule has 7 heteroatoms. The number of allylic oxidation sites excluding steroid dienone is 2. The van der Waals surface area contributed by atoms with Gasteiger partial charge in [-0.15, -0.1) is 0 Å². The molecule has 6 atom stereocenters. The SMILES string of the molecule is CC(=O)O[C@H]1CC[C@@]2(C)C(=CC[C@@H]3[C@@H]2CC[C@]2(C)C(=N/O)/C(=C/c4ccc([N+](=O)[O-])cc4)C[C@@H]32)C1. The summed E-state index contributed by atoms with van der Waals surface area (Å²) in [7, 11) is 0. The number of benzene rings is 1. The summed E-state index contributed by atoms with van der Waals surface area (Å²) >= 11 is 0. The highest BCUT2D eigenvalue weighted by atomic mass is 16.6. The standard InChI is InChI=1S/C28H34N2O5/c1-17(31)35-22-10-12-27(2)20(16-22)6-9-23-24(27)11-13-28(3)25(23)15-19(26(28)29-32)14-18-4-7-21(8-5-18)30(33)34/h4-8,14,22-25,32H,9-13,15-16H2,1-3H3/b19-14+,29-26+/t22-,23+,24-,25-,27-,28-/m0/s1. The number of esters is 1. The smallest absolute Gasteiger partial charge is 0.302 e. The van der Waals surface area contributed by atoms with Gasteiger partial charge in [-0.25, -0.2) is 0 Å². The van der Waals surface area contributed by atoms with Crippen molar-refractivity contribution in [1.29, 1.82) is 0 Å². The molecule has 0 bridgehead atoms. The van der Waals surface area contributed by atoms with Crippen LogP contribution in [0.1, 0.15) is 71.3 Å². The van der Waals surface area contributed by atoms with E-state index in [0.29, 0.717) is 17.8 Å². The summed E-state index contributed by atoms with van der Waals surface area (Å²) < 4.78 is 5.56. The first kappa shape index (κ1) is 23.8. The zero-order chi connectivity index (χ0) is 25.0. The van der Waals surface area contributed by atoms with Crippen molar-refractivity contribution < 1.29 is 19.7 Å². The zero-order valence-electron chi connectivity index (χ0n) is 20.7. The number of non-ortho nitro benzene ring substituents is 1. The van der Waals surface area contributed by atoms with Crippen LogP contribution in [0, 0.1) is 38.7 Å². The highest BCUT2D eigenvalue weighted by Crippen LogP contribution is 2.65. The minimum atomic E-state index is -0.395. The van der Waals surface area contributed by atoms with E-state index in [0.717, 1.165) is 61.8 Å². The minimum absolute atomic E-state index is 0.00642. The first-order valence-corrected chi connectivity index (χ1v) is 12.7. The van der Waals surface area contributed by atoms with Crippen molar-refractivity contribution in [3.63, 3.8) is 0 Å². The fourth-order valence-electron chi connectivity index (χ4n) is 7.85. The van der Waals surface area contributed by atoms with Crippen LogP contribution in [0.4, 0.5) is 5.69 Å². The van der Waals surface area contributed by atoms with E-state index in [-0.39, 0.29) is 28.6 Å². The van der Waals surface area contributed by atoms with E-state index in [1.807, 2.05) is 6.08 Å². The number of hydrogen-bond acceptors (Lipinski definition) is 6. The van der Waals surface area contributed by atoms with Crippen molar-refractivity contribution in [1.82, 2.24) is 0 Å². The zero-order valence-corrected chi connectivity index (χ0v) is 20.7. The van der Waals surface area contributed by atoms with Crippen molar-refractivity contribution in [3.8, 4) is 0 Å². The number of nitrogens with zero attached hydrogens (tertiary/aromatic N) is 2. The molecule has 7 nitrogen and oxygen atoms in total. The minimum Gasteiger partial charge on any atom is -0.462 e. The number of carbonyl (C=O) groups is 1. The van der Waals surface area contributed by atoms with Crippen LogP contribution in [-0.4, -0.2) is 27.9 Å². The molecular formula is C28H34N2O5. The highest BCUT2D eigenvalue weighted by molar-refractivity contribution is 6.09. The molecule has 0 amide bonds. The van der Waals surface area contributed by atoms with Crippen LogP contribution in [0.2, 0.25) is 0 Å². The van der Waals surface area contributed by atoms with Crippen molar-refractivity contribution >= 4 is 23.4 Å². The summed E-state index contributed by atoms with van der Waals surface area (Å²) in [4.78, 5) is 22.1. The third-order valence-corrected chi connectivity index (χ3v) is 9.61. The van der Waals surface area contributed by atoms with Gasteiger partial charge in [-0.05, 0) is 91.0 Å². The maximum Gasteiger partial charge on any atom is 0.302 e. The maximum absolute atomic E-state index is 11.5. The molecule has 4 aliphatic rings. The monoisotopic (exact) mass is 478 g/mol. The molecule has 1 aromatic carbocycles. The van der Waals surface area contributed by atoms with E-state index < -0.39 is 4.92 Å². The molecular weight excluding hydrogens is 444 g/mol. The first-order chi connectivity index (χ1) is 16.7. The third kappa shape index (κ3) is 3.89. The Bertz CT molecular complexity index is 1140. The van der Waals surface area contributed by atoms with Crippen LogP contribution in [0.25, 0.3) is 6.08 Å². The topological polar surface area (TPSA) is 102 Å². The molecule has 3 fully saturated rings. The average Bonchev–Trinajstić information content (AvgIpc) is 3.10. The molecule has 0 radical (unpaired) electrons. The Morgan fingerprint density at radius 1 is 1.14 bits per heavy atom. The van der Waals surface area contributed by atoms with Crippen molar-refractivity contribution in [3.05, 3.63) is 57.2 Å². The lowest BCUT2D eigenvalue weighted by Crippen LogP contribution is -2.50. The van der Waals surface area contributed by atoms with Crippen molar-refractivity contribution in [2.45, 2.75) is 71.8 Å². The maximum atomic E-state index is 11.5. The fourth-order valence-corrected chi connectivity index (χ4v) is 7.85. The second kappa shape index (κ2) is 8.61. The molecule has 0 aromatic heterocycles. The van der Waals surface area contributed by atoms with Gasteiger partial charge in [-0.2, -0.15) is 0 Å². The summed E-state index contributed by atoms with van der Waals surface area (Å²) in [5.41, 5.74) is 4.16. The summed E-state index contributed by atoms with van der Waals surface area (Å²) in [6.45, 7) is 6.15. The number of fused-ring (bicyclic) bond motifs is 5. The molecule has 1 aromatic rings. The fraction of sp³-hybridized carbons (Fsp3) is 0.571. The molecule has 1 N–H and O–H groups in total. The van der Waals surface area contributed by atoms with Gasteiger partial charge in [0.2, 0.25) is 0 Å². The second-order valence-corrected chi connectivity index (χ2v) is 11.4. The van der Waals surface area contributed by atoms with Gasteiger partial charge in [0.25, 0.3) is 5.69 Å². The molecule has 0 heterocycles. The van der Waals surface area contributed by atoms with E-state index in [1.165, 1.54) is 24.6 Å². The molecule has 4 aliphatic carbocycles. The van der Waals surface area contributed by atoms with Crippen molar-refractivity contribution in [2.75, 3.05) is 0 Å². The normalized spacial score (nSPS) is 38.3. The molecule has 0 spiro atoms. The van der Waals surface area contributed by atoms with E-state index in [1.54, 1.807) is 12.1 Å². The Kier molecular flexibility index (Phi) is 5.85. The highest BCUT2D eigenvalue weighted by Gasteiger charge is 2.59. The van der Waals surface area contributed by atoms with Gasteiger partial charge in [0, 0.05) is 30.9 Å². The van der Waals surface area contributed by atoms with Gasteiger partial charge >= 0.3 is 5.97 Å². The Balaban J connectivity index is 1.43. The first-order valence-electron chi connectivity index (χ1n) is 12.7. The van der Waals surface area contributed by atoms with Crippen LogP contribution >= 0.6 is 0 Å². The Morgan fingerprint density at radius 3 is 2.51 bits per heavy atom. The molecule has 186 valence electrons. The van der Waals surface area contributed by atoms with Crippen LogP contribution < -0.4 is 0 Å². The number of nitro benzene ring substituents is 1. The number of carbonyl (C=O) groups excluding carboxylic acids is 1. The summed E-state index contributed by atoms with van der Waals surface area (Å²) in [5, 5.41) is 24.9. The number of hydrogen-bond donors (Lipinski definition) is 1. The number of ether oxygens (including phenoxy) is 1. The van der Waals surface area contributed by atoms with Crippen molar-refractivity contribution in [2.24, 2.45) is 33.7 Å². The number of rotatable bonds is 3. The van der Waals surface area contributed by atoms with Crippen LogP contribution in [0.3, 0.4) is 0 Å². The van der Waals surface area contributed by atoms with Gasteiger partial charge in [0.15, 0.2) is 0 Å². The van der Waals surface area contributed by atoms with Gasteiger partial charge in [-0.1, -0.05) is 30.7 Å². The predicted molar refractivity (Wildman–Crippen MR) is 133 cm³/mol. The summed E-state index contributed by atoms with van der Waals surface area (Å²) in [6, 6.07) is 6.54. The molecule has 0 unspecified atom stereocenters. The Morgan fingerprint density at radius 2 is 1.86 bits per heavy atom. The lowest BCUT2D eigenvalue weighted by molar-refractivity contribution is -0.384. The van der Waals surface area contributed by atoms with Gasteiger partial charge in [0.1, 0.15) is 6.10 Å². The van der Waals surface area contributed by atoms with Gasteiger partial charge in [0.05, 0.1) is 10.6 Å². The van der Waals surface area contributed by atoms with E-state index in [9.17, 15) is 20.1 Å². The molecule has 3 saturated carbocycles. The third-order valence-electron chi connectivity index (χ3n) is 9.61. The van der Waals surface area contributed by atoms with E-state index >= 15 is 0 Å². The average molecular weight is 479 g/mol. The number of nitro groups is 1. The van der Waals surface area contributed by atoms with Gasteiger partial charge in [-0.3, -0.25) is 14.9 Å². The lowest BCUT2D eigenvalue weighted by Gasteiger charge is -2.57. The van der Waals surface area contributed by atoms with E-state index in [4.69, 9.17) is 4.74 Å². The number of oxime groups is 1. The van der Waals surface area contributed by atoms with Crippen LogP contribution in [0.5, 0.6) is 0 Å². The predicted octanol–water partition coefficient (Wildman–Crippen LogP) is 6.31. The molecule has 0 aliphatic heterocycles. The largest absolute Gasteiger partial charge is 0.462 e. The van der Waals surface area contributed by atoms with Crippen LogP contribution in [0.15, 0.2) is 46.6 Å². The quantitative estimate of drug-likeness (QED) is 0.180. The molecule has 0 saturated heterocycles. The van der Waals surface area contributed by atoms with E-state index in [2.05, 4.69) is 25.1 Å². The lowest BCUT2D eigenvalue weighted by atomic mass is 9.48. The molecule has 5 rings (SSSR count). The Labute approximate surface area is 206 Å². The van der Waals surface area contributed by atoms with Gasteiger partial charge < -0.3 is 9.94 Å². The Hall–Kier alpha value is -2.96. The second-order valence-electron chi connectivity index (χ2n) is 11.4. The summed E-state index contributed by atoms with van der Waals surface area (Å²) in [6.07, 6.45) is 11.2. The van der Waals surface area contributed by atoms with Crippen LogP contribution in [-0.2, 0) is 9.53 Å². The molecule has 35 heavy (non-hydrogen) atoms. The summed E-state index contributed by atoms with van der Waals surface area (Å²) in [5.74, 6) is 1.26.